The minimum absolute atomic E-state index is 0.119. The van der Waals surface area contributed by atoms with E-state index in [1.54, 1.807) is 0 Å². The zero-order chi connectivity index (χ0) is 11.0. The number of ketones is 1. The van der Waals surface area contributed by atoms with Crippen molar-refractivity contribution in [2.45, 2.75) is 40.0 Å². The lowest BCUT2D eigenvalue weighted by atomic mass is 10.1. The molecule has 0 saturated heterocycles. The van der Waals surface area contributed by atoms with Crippen LogP contribution in [0.5, 0.6) is 0 Å². The summed E-state index contributed by atoms with van der Waals surface area (Å²) in [7, 11) is 0. The quantitative estimate of drug-likeness (QED) is 0.663. The van der Waals surface area contributed by atoms with Crippen LogP contribution in [-0.4, -0.2) is 17.5 Å². The topological polar surface area (TPSA) is 37.3 Å². The molecule has 0 aromatic rings. The van der Waals surface area contributed by atoms with E-state index in [1.165, 1.54) is 11.1 Å². The summed E-state index contributed by atoms with van der Waals surface area (Å²) in [6, 6.07) is 0. The molecular formula is C12H20O2. The van der Waals surface area contributed by atoms with Gasteiger partial charge in [0.15, 0.2) is 5.78 Å². The second kappa shape index (κ2) is 7.51. The van der Waals surface area contributed by atoms with Crippen LogP contribution in [0, 0.1) is 0 Å². The van der Waals surface area contributed by atoms with Gasteiger partial charge in [0, 0.05) is 6.42 Å². The second-order valence-electron chi connectivity index (χ2n) is 3.77. The average molecular weight is 196 g/mol. The van der Waals surface area contributed by atoms with E-state index in [9.17, 15) is 4.79 Å². The number of carbonyl (C=O) groups excluding carboxylic acids is 1. The van der Waals surface area contributed by atoms with E-state index in [-0.39, 0.29) is 12.4 Å². The Labute approximate surface area is 86.3 Å². The van der Waals surface area contributed by atoms with Gasteiger partial charge in [-0.1, -0.05) is 23.3 Å². The monoisotopic (exact) mass is 196 g/mol. The molecule has 2 heteroatoms. The summed E-state index contributed by atoms with van der Waals surface area (Å²) in [5.41, 5.74) is 2.54. The molecule has 0 saturated carbocycles. The smallest absolute Gasteiger partial charge is 0.161 e. The number of aliphatic hydroxyl groups is 1. The summed E-state index contributed by atoms with van der Waals surface area (Å²) in [6.45, 7) is 5.82. The molecule has 1 N–H and O–H groups in total. The van der Waals surface area contributed by atoms with Gasteiger partial charge in [0.25, 0.3) is 0 Å². The third kappa shape index (κ3) is 7.74. The number of Topliss-reactive ketones (excluding diaryl/α,β-unsaturated/α-hetero) is 1. The number of allylic oxidation sites excluding steroid dienone is 4. The fourth-order valence-electron chi connectivity index (χ4n) is 1.04. The normalized spacial score (nSPS) is 11.3. The molecule has 0 atom stereocenters. The highest BCUT2D eigenvalue weighted by Gasteiger charge is 1.96. The van der Waals surface area contributed by atoms with Crippen molar-refractivity contribution >= 4 is 5.78 Å². The third-order valence-corrected chi connectivity index (χ3v) is 1.95. The Kier molecular flexibility index (Phi) is 7.03. The first-order chi connectivity index (χ1) is 6.56. The second-order valence-corrected chi connectivity index (χ2v) is 3.77. The highest BCUT2D eigenvalue weighted by Crippen LogP contribution is 2.07. The number of carbonyl (C=O) groups is 1. The zero-order valence-corrected chi connectivity index (χ0v) is 9.34. The van der Waals surface area contributed by atoms with Gasteiger partial charge in [0.2, 0.25) is 0 Å². The standard InChI is InChI=1S/C12H20O2/c1-10(2)5-4-6-11(3)7-8-12(14)9-13/h5,7,13H,4,6,8-9H2,1-3H3. The highest BCUT2D eigenvalue weighted by molar-refractivity contribution is 5.80. The largest absolute Gasteiger partial charge is 0.389 e. The van der Waals surface area contributed by atoms with Gasteiger partial charge in [-0.3, -0.25) is 4.79 Å². The Morgan fingerprint density at radius 3 is 2.36 bits per heavy atom. The Morgan fingerprint density at radius 2 is 1.86 bits per heavy atom. The Hall–Kier alpha value is -0.890. The van der Waals surface area contributed by atoms with E-state index in [0.29, 0.717) is 6.42 Å². The molecule has 0 unspecified atom stereocenters. The number of hydrogen-bond donors (Lipinski definition) is 1. The van der Waals surface area contributed by atoms with Gasteiger partial charge in [-0.2, -0.15) is 0 Å². The molecule has 0 rings (SSSR count). The first-order valence-electron chi connectivity index (χ1n) is 4.97. The molecular weight excluding hydrogens is 176 g/mol. The molecule has 0 aliphatic heterocycles. The molecule has 0 fully saturated rings. The van der Waals surface area contributed by atoms with Gasteiger partial charge >= 0.3 is 0 Å². The van der Waals surface area contributed by atoms with Crippen molar-refractivity contribution in [2.24, 2.45) is 0 Å². The van der Waals surface area contributed by atoms with E-state index >= 15 is 0 Å². The first-order valence-corrected chi connectivity index (χ1v) is 4.97. The fourth-order valence-corrected chi connectivity index (χ4v) is 1.04. The third-order valence-electron chi connectivity index (χ3n) is 1.95. The van der Waals surface area contributed by atoms with Crippen LogP contribution in [0.3, 0.4) is 0 Å². The first kappa shape index (κ1) is 13.1. The Bertz CT molecular complexity index is 233. The highest BCUT2D eigenvalue weighted by atomic mass is 16.3. The van der Waals surface area contributed by atoms with Crippen LogP contribution in [0.15, 0.2) is 23.3 Å². The molecule has 0 amide bonds. The molecule has 0 spiro atoms. The predicted molar refractivity (Wildman–Crippen MR) is 59.1 cm³/mol. The average Bonchev–Trinajstić information content (AvgIpc) is 2.13. The lowest BCUT2D eigenvalue weighted by Crippen LogP contribution is -2.01. The minimum atomic E-state index is -0.349. The van der Waals surface area contributed by atoms with E-state index in [1.807, 2.05) is 13.0 Å². The van der Waals surface area contributed by atoms with E-state index in [0.717, 1.165) is 12.8 Å². The van der Waals surface area contributed by atoms with E-state index in [2.05, 4.69) is 19.9 Å². The lowest BCUT2D eigenvalue weighted by molar-refractivity contribution is -0.120. The van der Waals surface area contributed by atoms with Crippen molar-refractivity contribution in [2.75, 3.05) is 6.61 Å². The van der Waals surface area contributed by atoms with Crippen molar-refractivity contribution in [3.05, 3.63) is 23.3 Å². The molecule has 0 aliphatic rings. The maximum Gasteiger partial charge on any atom is 0.161 e. The van der Waals surface area contributed by atoms with Crippen LogP contribution in [0.25, 0.3) is 0 Å². The molecule has 0 heterocycles. The predicted octanol–water partition coefficient (Wildman–Crippen LogP) is 2.63. The van der Waals surface area contributed by atoms with Crippen LogP contribution in [-0.2, 0) is 4.79 Å². The number of aliphatic hydroxyl groups excluding tert-OH is 1. The summed E-state index contributed by atoms with van der Waals surface area (Å²) < 4.78 is 0. The van der Waals surface area contributed by atoms with Crippen molar-refractivity contribution in [3.8, 4) is 0 Å². The van der Waals surface area contributed by atoms with Crippen LogP contribution in [0.2, 0.25) is 0 Å². The Balaban J connectivity index is 3.78. The van der Waals surface area contributed by atoms with E-state index in [4.69, 9.17) is 5.11 Å². The van der Waals surface area contributed by atoms with Crippen LogP contribution >= 0.6 is 0 Å². The van der Waals surface area contributed by atoms with Gasteiger partial charge in [-0.25, -0.2) is 0 Å². The SMILES string of the molecule is CC(C)=CCCC(C)=CCC(=O)CO. The summed E-state index contributed by atoms with van der Waals surface area (Å²) in [6.07, 6.45) is 6.46. The van der Waals surface area contributed by atoms with E-state index < -0.39 is 0 Å². The molecule has 0 aromatic heterocycles. The summed E-state index contributed by atoms with van der Waals surface area (Å²) in [5.74, 6) is -0.119. The molecule has 80 valence electrons. The van der Waals surface area contributed by atoms with Crippen molar-refractivity contribution in [1.82, 2.24) is 0 Å². The maximum absolute atomic E-state index is 10.8. The van der Waals surface area contributed by atoms with Crippen molar-refractivity contribution < 1.29 is 9.90 Å². The van der Waals surface area contributed by atoms with Gasteiger partial charge in [-0.15, -0.1) is 0 Å². The number of hydrogen-bond acceptors (Lipinski definition) is 2. The van der Waals surface area contributed by atoms with Crippen LogP contribution in [0.4, 0.5) is 0 Å². The van der Waals surface area contributed by atoms with Gasteiger partial charge in [-0.05, 0) is 33.6 Å². The van der Waals surface area contributed by atoms with Gasteiger partial charge in [0.05, 0.1) is 0 Å². The van der Waals surface area contributed by atoms with Gasteiger partial charge in [0.1, 0.15) is 6.61 Å². The summed E-state index contributed by atoms with van der Waals surface area (Å²) in [5, 5.41) is 8.51. The molecule has 0 aromatic carbocycles. The Morgan fingerprint density at radius 1 is 1.21 bits per heavy atom. The lowest BCUT2D eigenvalue weighted by Gasteiger charge is -1.98. The van der Waals surface area contributed by atoms with Crippen molar-refractivity contribution in [1.29, 1.82) is 0 Å². The minimum Gasteiger partial charge on any atom is -0.389 e. The van der Waals surface area contributed by atoms with Gasteiger partial charge < -0.3 is 5.11 Å². The van der Waals surface area contributed by atoms with Crippen LogP contribution in [0.1, 0.15) is 40.0 Å². The van der Waals surface area contributed by atoms with Crippen molar-refractivity contribution in [3.63, 3.8) is 0 Å². The molecule has 0 bridgehead atoms. The zero-order valence-electron chi connectivity index (χ0n) is 9.34. The molecule has 0 aliphatic carbocycles. The number of rotatable bonds is 6. The molecule has 2 nitrogen and oxygen atoms in total. The fraction of sp³-hybridized carbons (Fsp3) is 0.583. The summed E-state index contributed by atoms with van der Waals surface area (Å²) in [4.78, 5) is 10.8. The molecule has 0 radical (unpaired) electrons. The maximum atomic E-state index is 10.8. The molecule has 14 heavy (non-hydrogen) atoms. The summed E-state index contributed by atoms with van der Waals surface area (Å²) >= 11 is 0. The van der Waals surface area contributed by atoms with Crippen LogP contribution < -0.4 is 0 Å².